The number of carbonyl (C=O) groups excluding carboxylic acids is 2. The molecule has 1 saturated heterocycles. The van der Waals surface area contributed by atoms with E-state index in [4.69, 9.17) is 18.5 Å². The molecular formula is C20H30N5O7P. The van der Waals surface area contributed by atoms with Crippen molar-refractivity contribution in [2.24, 2.45) is 11.8 Å². The van der Waals surface area contributed by atoms with Gasteiger partial charge in [0.1, 0.15) is 12.7 Å². The number of hydrogen-bond acceptors (Lipinski definition) is 10. The minimum absolute atomic E-state index is 0.141. The Morgan fingerprint density at radius 2 is 1.97 bits per heavy atom. The number of fused-ring (bicyclic) bond motifs is 1. The van der Waals surface area contributed by atoms with Crippen molar-refractivity contribution in [2.75, 3.05) is 31.5 Å². The molecule has 13 heteroatoms. The molecule has 1 atom stereocenters. The molecule has 0 spiro atoms. The van der Waals surface area contributed by atoms with Crippen molar-refractivity contribution < 1.29 is 32.7 Å². The van der Waals surface area contributed by atoms with E-state index in [2.05, 4.69) is 20.3 Å². The van der Waals surface area contributed by atoms with Crippen molar-refractivity contribution in [3.8, 4) is 0 Å². The van der Waals surface area contributed by atoms with Crippen LogP contribution in [-0.2, 0) is 39.2 Å². The van der Waals surface area contributed by atoms with Crippen LogP contribution in [0.1, 0.15) is 34.1 Å². The van der Waals surface area contributed by atoms with Crippen LogP contribution in [0.4, 0.5) is 5.82 Å². The summed E-state index contributed by atoms with van der Waals surface area (Å²) < 4.78 is 36.0. The molecule has 0 saturated carbocycles. The van der Waals surface area contributed by atoms with E-state index in [-0.39, 0.29) is 55.8 Å². The molecule has 1 aliphatic heterocycles. The van der Waals surface area contributed by atoms with Crippen LogP contribution in [0.3, 0.4) is 0 Å². The van der Waals surface area contributed by atoms with E-state index in [1.54, 1.807) is 31.7 Å². The largest absolute Gasteiger partial charge is 0.466 e. The highest BCUT2D eigenvalue weighted by molar-refractivity contribution is 7.53. The molecule has 182 valence electrons. The number of anilines is 1. The maximum absolute atomic E-state index is 12.7. The predicted octanol–water partition coefficient (Wildman–Crippen LogP) is 2.59. The summed E-state index contributed by atoms with van der Waals surface area (Å²) in [6.45, 7) is 8.09. The highest BCUT2D eigenvalue weighted by atomic mass is 31.2. The molecule has 0 bridgehead atoms. The number of carbonyl (C=O) groups is 2. The lowest BCUT2D eigenvalue weighted by Crippen LogP contribution is -2.26. The first-order chi connectivity index (χ1) is 15.7. The van der Waals surface area contributed by atoms with Crippen molar-refractivity contribution in [3.63, 3.8) is 0 Å². The van der Waals surface area contributed by atoms with Crippen LogP contribution in [-0.4, -0.2) is 63.7 Å². The normalized spacial score (nSPS) is 21.8. The Morgan fingerprint density at radius 3 is 2.64 bits per heavy atom. The Kier molecular flexibility index (Phi) is 8.52. The second-order valence-corrected chi connectivity index (χ2v) is 10.1. The van der Waals surface area contributed by atoms with Gasteiger partial charge in [-0.05, 0) is 13.8 Å². The monoisotopic (exact) mass is 483 g/mol. The Hall–Kier alpha value is -2.40. The summed E-state index contributed by atoms with van der Waals surface area (Å²) in [6.07, 6.45) is 2.52. The highest BCUT2D eigenvalue weighted by Crippen LogP contribution is 2.51. The van der Waals surface area contributed by atoms with Crippen LogP contribution in [0.2, 0.25) is 0 Å². The number of imidazole rings is 1. The van der Waals surface area contributed by atoms with Gasteiger partial charge in [-0.3, -0.25) is 14.2 Å². The molecule has 2 aromatic heterocycles. The smallest absolute Gasteiger partial charge is 0.356 e. The molecule has 0 aliphatic carbocycles. The lowest BCUT2D eigenvalue weighted by Gasteiger charge is -2.29. The number of ether oxygens (including phenoxy) is 2. The van der Waals surface area contributed by atoms with Crippen molar-refractivity contribution in [2.45, 2.75) is 46.8 Å². The third-order valence-corrected chi connectivity index (χ3v) is 6.46. The van der Waals surface area contributed by atoms with E-state index >= 15 is 0 Å². The summed E-state index contributed by atoms with van der Waals surface area (Å²) >= 11 is 0. The molecule has 0 unspecified atom stereocenters. The molecule has 12 nitrogen and oxygen atoms in total. The summed E-state index contributed by atoms with van der Waals surface area (Å²) in [6, 6.07) is 0. The zero-order valence-electron chi connectivity index (χ0n) is 19.2. The second kappa shape index (κ2) is 11.1. The van der Waals surface area contributed by atoms with E-state index in [1.165, 1.54) is 6.33 Å². The van der Waals surface area contributed by atoms with Crippen molar-refractivity contribution >= 4 is 36.5 Å². The number of nitrogens with one attached hydrogen (secondary N) is 1. The van der Waals surface area contributed by atoms with Crippen LogP contribution in [0, 0.1) is 11.8 Å². The molecule has 3 rings (SSSR count). The van der Waals surface area contributed by atoms with Gasteiger partial charge in [0.2, 0.25) is 5.91 Å². The van der Waals surface area contributed by atoms with Gasteiger partial charge in [-0.15, -0.1) is 0 Å². The second-order valence-electron chi connectivity index (χ2n) is 8.12. The van der Waals surface area contributed by atoms with Crippen LogP contribution in [0.5, 0.6) is 0 Å². The van der Waals surface area contributed by atoms with Crippen LogP contribution in [0.15, 0.2) is 12.7 Å². The summed E-state index contributed by atoms with van der Waals surface area (Å²) in [5.41, 5.74) is 1.01. The fourth-order valence-corrected chi connectivity index (χ4v) is 4.62. The van der Waals surface area contributed by atoms with Crippen molar-refractivity contribution in [1.82, 2.24) is 19.5 Å². The molecular weight excluding hydrogens is 453 g/mol. The molecule has 33 heavy (non-hydrogen) atoms. The Balaban J connectivity index is 1.53. The molecule has 1 amide bonds. The average molecular weight is 483 g/mol. The fraction of sp³-hybridized carbons (Fsp3) is 0.650. The number of esters is 1. The van der Waals surface area contributed by atoms with Gasteiger partial charge in [-0.25, -0.2) is 15.0 Å². The topological polar surface area (TPSA) is 144 Å². The minimum atomic E-state index is -3.41. The average Bonchev–Trinajstić information content (AvgIpc) is 3.18. The predicted molar refractivity (Wildman–Crippen MR) is 118 cm³/mol. The number of aromatic nitrogens is 4. The number of hydrogen-bond donors (Lipinski definition) is 1. The molecule has 3 heterocycles. The van der Waals surface area contributed by atoms with Gasteiger partial charge in [-0.2, -0.15) is 0 Å². The molecule has 0 aromatic carbocycles. The van der Waals surface area contributed by atoms with Gasteiger partial charge in [0.05, 0.1) is 45.2 Å². The first-order valence-electron chi connectivity index (χ1n) is 10.8. The molecule has 1 N–H and O–H groups in total. The van der Waals surface area contributed by atoms with Gasteiger partial charge < -0.3 is 28.4 Å². The Labute approximate surface area is 191 Å². The summed E-state index contributed by atoms with van der Waals surface area (Å²) in [7, 11) is -3.41. The lowest BCUT2D eigenvalue weighted by molar-refractivity contribution is -0.145. The molecule has 2 aromatic rings. The van der Waals surface area contributed by atoms with Gasteiger partial charge >= 0.3 is 13.6 Å². The standard InChI is InChI=1S/C20H30N5O7P/c1-5-29-16(26)6-15-8-31-33(28,32-9-15)12-30-14(4)7-25-11-23-17-18(21-10-22-19(17)25)24-20(27)13(2)3/h10-11,13-15H,5-9,12H2,1-4H3,(H,21,22,24,27)/t14-,15?,33?/m1/s1. The highest BCUT2D eigenvalue weighted by Gasteiger charge is 2.34. The van der Waals surface area contributed by atoms with Crippen LogP contribution in [0.25, 0.3) is 11.2 Å². The Morgan fingerprint density at radius 1 is 1.24 bits per heavy atom. The number of nitrogens with zero attached hydrogens (tertiary/aromatic N) is 4. The van der Waals surface area contributed by atoms with Gasteiger partial charge in [0, 0.05) is 11.8 Å². The van der Waals surface area contributed by atoms with Crippen molar-refractivity contribution in [3.05, 3.63) is 12.7 Å². The van der Waals surface area contributed by atoms with Crippen LogP contribution < -0.4 is 5.32 Å². The summed E-state index contributed by atoms with van der Waals surface area (Å²) in [4.78, 5) is 36.3. The van der Waals surface area contributed by atoms with Gasteiger partial charge in [0.25, 0.3) is 0 Å². The van der Waals surface area contributed by atoms with Crippen LogP contribution >= 0.6 is 7.60 Å². The number of rotatable bonds is 10. The third-order valence-electron chi connectivity index (χ3n) is 4.91. The fourth-order valence-electron chi connectivity index (χ4n) is 3.09. The third kappa shape index (κ3) is 6.80. The molecule has 1 fully saturated rings. The van der Waals surface area contributed by atoms with E-state index in [1.807, 2.05) is 6.92 Å². The minimum Gasteiger partial charge on any atom is -0.466 e. The molecule has 1 aliphatic rings. The lowest BCUT2D eigenvalue weighted by atomic mass is 10.1. The number of amides is 1. The maximum atomic E-state index is 12.7. The van der Waals surface area contributed by atoms with E-state index < -0.39 is 7.60 Å². The SMILES string of the molecule is CCOC(=O)CC1COP(=O)(CO[C@H](C)Cn2cnc3c(NC(=O)C(C)C)ncnc32)OC1. The van der Waals surface area contributed by atoms with Gasteiger partial charge in [-0.1, -0.05) is 13.8 Å². The zero-order valence-corrected chi connectivity index (χ0v) is 20.1. The zero-order chi connectivity index (χ0) is 24.0. The quantitative estimate of drug-likeness (QED) is 0.395. The van der Waals surface area contributed by atoms with Crippen molar-refractivity contribution in [1.29, 1.82) is 0 Å². The summed E-state index contributed by atoms with van der Waals surface area (Å²) in [5.74, 6) is -0.553. The first-order valence-corrected chi connectivity index (χ1v) is 12.6. The van der Waals surface area contributed by atoms with E-state index in [9.17, 15) is 14.2 Å². The maximum Gasteiger partial charge on any atom is 0.356 e. The van der Waals surface area contributed by atoms with E-state index in [0.29, 0.717) is 30.1 Å². The summed E-state index contributed by atoms with van der Waals surface area (Å²) in [5, 5.41) is 2.75. The Bertz CT molecular complexity index is 1020. The first kappa shape index (κ1) is 25.2. The molecule has 0 radical (unpaired) electrons. The van der Waals surface area contributed by atoms with E-state index in [0.717, 1.165) is 0 Å². The van der Waals surface area contributed by atoms with Gasteiger partial charge in [0.15, 0.2) is 17.0 Å².